The van der Waals surface area contributed by atoms with Gasteiger partial charge in [-0.15, -0.1) is 0 Å². The van der Waals surface area contributed by atoms with Gasteiger partial charge < -0.3 is 5.73 Å². The number of hydrogen-bond acceptors (Lipinski definition) is 1. The van der Waals surface area contributed by atoms with Crippen LogP contribution in [0.5, 0.6) is 0 Å². The van der Waals surface area contributed by atoms with Crippen molar-refractivity contribution >= 4 is 0 Å². The van der Waals surface area contributed by atoms with Crippen molar-refractivity contribution in [2.45, 2.75) is 32.2 Å². The van der Waals surface area contributed by atoms with Crippen molar-refractivity contribution in [2.24, 2.45) is 5.73 Å². The first-order valence-corrected chi connectivity index (χ1v) is 6.59. The third-order valence-electron chi connectivity index (χ3n) is 3.56. The molecule has 0 bridgehead atoms. The Morgan fingerprint density at radius 1 is 0.889 bits per heavy atom. The Hall–Kier alpha value is -1.60. The van der Waals surface area contributed by atoms with Crippen LogP contribution in [0.15, 0.2) is 54.6 Å². The van der Waals surface area contributed by atoms with E-state index in [2.05, 4.69) is 62.4 Å². The van der Waals surface area contributed by atoms with Gasteiger partial charge in [0.05, 0.1) is 0 Å². The molecule has 0 heterocycles. The average molecular weight is 239 g/mol. The highest BCUT2D eigenvalue weighted by atomic mass is 14.7. The van der Waals surface area contributed by atoms with Crippen LogP contribution in [0.3, 0.4) is 0 Å². The van der Waals surface area contributed by atoms with Crippen molar-refractivity contribution in [2.75, 3.05) is 0 Å². The lowest BCUT2D eigenvalue weighted by atomic mass is 9.85. The maximum atomic E-state index is 6.43. The number of hydrogen-bond donors (Lipinski definition) is 1. The molecule has 2 aromatic rings. The molecule has 0 aromatic heterocycles. The van der Waals surface area contributed by atoms with Gasteiger partial charge >= 0.3 is 0 Å². The van der Waals surface area contributed by atoms with Crippen LogP contribution in [0.2, 0.25) is 0 Å². The summed E-state index contributed by atoms with van der Waals surface area (Å²) in [6.07, 6.45) is 1.05. The molecule has 0 fully saturated rings. The molecule has 2 rings (SSSR count). The maximum Gasteiger partial charge on any atom is 0.0364 e. The first kappa shape index (κ1) is 12.8. The van der Waals surface area contributed by atoms with Gasteiger partial charge in [0.1, 0.15) is 0 Å². The van der Waals surface area contributed by atoms with Crippen LogP contribution in [-0.2, 0) is 0 Å². The van der Waals surface area contributed by atoms with Gasteiger partial charge in [-0.2, -0.15) is 0 Å². The normalized spacial score (nSPS) is 14.2. The molecule has 2 N–H and O–H groups in total. The van der Waals surface area contributed by atoms with E-state index in [-0.39, 0.29) is 6.04 Å². The summed E-state index contributed by atoms with van der Waals surface area (Å²) in [5.41, 5.74) is 10.3. The van der Waals surface area contributed by atoms with Gasteiger partial charge in [0.15, 0.2) is 0 Å². The molecule has 0 aliphatic rings. The summed E-state index contributed by atoms with van der Waals surface area (Å²) in [5.74, 6) is 0.383. The van der Waals surface area contributed by atoms with Gasteiger partial charge in [-0.25, -0.2) is 0 Å². The number of benzene rings is 2. The number of rotatable bonds is 4. The van der Waals surface area contributed by atoms with Crippen LogP contribution in [-0.4, -0.2) is 0 Å². The van der Waals surface area contributed by atoms with Crippen LogP contribution in [0.25, 0.3) is 0 Å². The monoisotopic (exact) mass is 239 g/mol. The van der Waals surface area contributed by atoms with E-state index in [0.29, 0.717) is 5.92 Å². The van der Waals surface area contributed by atoms with Gasteiger partial charge in [0.2, 0.25) is 0 Å². The first-order valence-electron chi connectivity index (χ1n) is 6.59. The van der Waals surface area contributed by atoms with Crippen LogP contribution in [0.1, 0.15) is 42.0 Å². The summed E-state index contributed by atoms with van der Waals surface area (Å²) in [4.78, 5) is 0. The molecular weight excluding hydrogens is 218 g/mol. The summed E-state index contributed by atoms with van der Waals surface area (Å²) in [7, 11) is 0. The van der Waals surface area contributed by atoms with E-state index in [1.54, 1.807) is 0 Å². The van der Waals surface area contributed by atoms with Gasteiger partial charge in [-0.05, 0) is 24.5 Å². The highest BCUT2D eigenvalue weighted by Crippen LogP contribution is 2.31. The number of nitrogens with two attached hydrogens (primary N) is 1. The molecule has 2 atom stereocenters. The third-order valence-corrected chi connectivity index (χ3v) is 3.56. The molecule has 0 spiro atoms. The molecule has 0 radical (unpaired) electrons. The third kappa shape index (κ3) is 2.80. The highest BCUT2D eigenvalue weighted by Gasteiger charge is 2.19. The summed E-state index contributed by atoms with van der Waals surface area (Å²) >= 11 is 0. The van der Waals surface area contributed by atoms with E-state index >= 15 is 0 Å². The zero-order valence-corrected chi connectivity index (χ0v) is 11.1. The second kappa shape index (κ2) is 5.83. The Morgan fingerprint density at radius 3 is 2.06 bits per heavy atom. The van der Waals surface area contributed by atoms with E-state index in [0.717, 1.165) is 6.42 Å². The lowest BCUT2D eigenvalue weighted by Gasteiger charge is -2.23. The molecule has 1 heteroatoms. The Balaban J connectivity index is 2.25. The van der Waals surface area contributed by atoms with E-state index in [4.69, 9.17) is 5.73 Å². The van der Waals surface area contributed by atoms with Crippen molar-refractivity contribution in [1.29, 1.82) is 0 Å². The van der Waals surface area contributed by atoms with E-state index in [9.17, 15) is 0 Å². The zero-order chi connectivity index (χ0) is 13.0. The molecule has 0 aliphatic heterocycles. The largest absolute Gasteiger partial charge is 0.323 e. The lowest BCUT2D eigenvalue weighted by molar-refractivity contribution is 0.539. The molecule has 94 valence electrons. The summed E-state index contributed by atoms with van der Waals surface area (Å²) in [6.45, 7) is 4.30. The molecule has 1 nitrogen and oxygen atoms in total. The Labute approximate surface area is 110 Å². The SMILES string of the molecule is CCC(c1ccccc1)C(N)c1ccc(C)cc1. The van der Waals surface area contributed by atoms with Crippen LogP contribution in [0.4, 0.5) is 0 Å². The van der Waals surface area contributed by atoms with Gasteiger partial charge in [-0.3, -0.25) is 0 Å². The second-order valence-electron chi connectivity index (χ2n) is 4.86. The van der Waals surface area contributed by atoms with Crippen LogP contribution < -0.4 is 5.73 Å². The molecular formula is C17H21N. The zero-order valence-electron chi connectivity index (χ0n) is 11.1. The second-order valence-corrected chi connectivity index (χ2v) is 4.86. The smallest absolute Gasteiger partial charge is 0.0364 e. The molecule has 18 heavy (non-hydrogen) atoms. The topological polar surface area (TPSA) is 26.0 Å². The molecule has 0 saturated carbocycles. The van der Waals surface area contributed by atoms with Gasteiger partial charge in [0, 0.05) is 12.0 Å². The van der Waals surface area contributed by atoms with Crippen molar-refractivity contribution in [3.63, 3.8) is 0 Å². The minimum absolute atomic E-state index is 0.0676. The fraction of sp³-hybridized carbons (Fsp3) is 0.294. The molecule has 2 aromatic carbocycles. The fourth-order valence-corrected chi connectivity index (χ4v) is 2.42. The molecule has 0 saturated heterocycles. The Morgan fingerprint density at radius 2 is 1.50 bits per heavy atom. The maximum absolute atomic E-state index is 6.43. The highest BCUT2D eigenvalue weighted by molar-refractivity contribution is 5.29. The first-order chi connectivity index (χ1) is 8.72. The van der Waals surface area contributed by atoms with Gasteiger partial charge in [-0.1, -0.05) is 67.1 Å². The molecule has 0 amide bonds. The quantitative estimate of drug-likeness (QED) is 0.850. The number of aryl methyl sites for hydroxylation is 1. The van der Waals surface area contributed by atoms with Crippen molar-refractivity contribution in [3.8, 4) is 0 Å². The van der Waals surface area contributed by atoms with E-state index in [1.165, 1.54) is 16.7 Å². The van der Waals surface area contributed by atoms with E-state index in [1.807, 2.05) is 6.07 Å². The summed E-state index contributed by atoms with van der Waals surface area (Å²) in [5, 5.41) is 0. The minimum Gasteiger partial charge on any atom is -0.323 e. The Bertz CT molecular complexity index is 473. The average Bonchev–Trinajstić information content (AvgIpc) is 2.41. The lowest BCUT2D eigenvalue weighted by Crippen LogP contribution is -2.19. The summed E-state index contributed by atoms with van der Waals surface area (Å²) in [6, 6.07) is 19.2. The van der Waals surface area contributed by atoms with Crippen molar-refractivity contribution in [3.05, 3.63) is 71.3 Å². The molecule has 2 unspecified atom stereocenters. The van der Waals surface area contributed by atoms with E-state index < -0.39 is 0 Å². The van der Waals surface area contributed by atoms with Gasteiger partial charge in [0.25, 0.3) is 0 Å². The predicted molar refractivity (Wildman–Crippen MR) is 77.6 cm³/mol. The summed E-state index contributed by atoms with van der Waals surface area (Å²) < 4.78 is 0. The molecule has 0 aliphatic carbocycles. The van der Waals surface area contributed by atoms with Crippen LogP contribution in [0, 0.1) is 6.92 Å². The van der Waals surface area contributed by atoms with Crippen molar-refractivity contribution < 1.29 is 0 Å². The Kier molecular flexibility index (Phi) is 4.16. The van der Waals surface area contributed by atoms with Crippen LogP contribution >= 0.6 is 0 Å². The minimum atomic E-state index is 0.0676. The fourth-order valence-electron chi connectivity index (χ4n) is 2.42. The van der Waals surface area contributed by atoms with Crippen molar-refractivity contribution in [1.82, 2.24) is 0 Å². The standard InChI is InChI=1S/C17H21N/c1-3-16(14-7-5-4-6-8-14)17(18)15-11-9-13(2)10-12-15/h4-12,16-17H,3,18H2,1-2H3. The predicted octanol–water partition coefficient (Wildman–Crippen LogP) is 4.19.